The molecule has 0 unspecified atom stereocenters. The molecule has 0 aliphatic carbocycles. The number of nitrogens with one attached hydrogen (secondary N) is 3. The number of rotatable bonds is 4. The SMILES string of the molecule is CC1=C(C(=O)Nc2cccc([N+](=O)[O-])c2)[C@H](c2cccs2)NC(=S)N1. The molecule has 2 heterocycles. The fraction of sp³-hybridized carbons (Fsp3) is 0.125. The second kappa shape index (κ2) is 6.99. The molecular formula is C16H14N4O3S2. The van der Waals surface area contributed by atoms with Crippen LogP contribution in [0.5, 0.6) is 0 Å². The Hall–Kier alpha value is -2.78. The number of anilines is 1. The van der Waals surface area contributed by atoms with Gasteiger partial charge >= 0.3 is 0 Å². The first-order valence-electron chi connectivity index (χ1n) is 7.33. The van der Waals surface area contributed by atoms with E-state index in [1.54, 1.807) is 13.0 Å². The van der Waals surface area contributed by atoms with Gasteiger partial charge in [0, 0.05) is 28.4 Å². The predicted molar refractivity (Wildman–Crippen MR) is 100 cm³/mol. The van der Waals surface area contributed by atoms with Crippen LogP contribution in [0.3, 0.4) is 0 Å². The van der Waals surface area contributed by atoms with Crippen LogP contribution >= 0.6 is 23.6 Å². The molecular weight excluding hydrogens is 360 g/mol. The van der Waals surface area contributed by atoms with Gasteiger partial charge in [-0.25, -0.2) is 0 Å². The van der Waals surface area contributed by atoms with Crippen LogP contribution in [0.25, 0.3) is 0 Å². The molecule has 0 saturated heterocycles. The Labute approximate surface area is 152 Å². The maximum absolute atomic E-state index is 12.8. The summed E-state index contributed by atoms with van der Waals surface area (Å²) >= 11 is 6.70. The van der Waals surface area contributed by atoms with E-state index in [9.17, 15) is 14.9 Å². The molecule has 25 heavy (non-hydrogen) atoms. The van der Waals surface area contributed by atoms with E-state index < -0.39 is 4.92 Å². The van der Waals surface area contributed by atoms with E-state index in [0.29, 0.717) is 22.1 Å². The Morgan fingerprint density at radius 1 is 1.36 bits per heavy atom. The van der Waals surface area contributed by atoms with Gasteiger partial charge in [0.15, 0.2) is 5.11 Å². The molecule has 128 valence electrons. The summed E-state index contributed by atoms with van der Waals surface area (Å²) in [5.41, 5.74) is 1.41. The van der Waals surface area contributed by atoms with Crippen LogP contribution in [-0.2, 0) is 4.79 Å². The Kier molecular flexibility index (Phi) is 4.77. The third-order valence-corrected chi connectivity index (χ3v) is 4.81. The number of hydrogen-bond acceptors (Lipinski definition) is 5. The first-order valence-corrected chi connectivity index (χ1v) is 8.62. The highest BCUT2D eigenvalue weighted by atomic mass is 32.1. The molecule has 1 aliphatic rings. The zero-order chi connectivity index (χ0) is 18.0. The monoisotopic (exact) mass is 374 g/mol. The summed E-state index contributed by atoms with van der Waals surface area (Å²) in [6.45, 7) is 1.77. The third kappa shape index (κ3) is 3.67. The van der Waals surface area contributed by atoms with Crippen LogP contribution in [0.2, 0.25) is 0 Å². The number of thiocarbonyl (C=S) groups is 1. The van der Waals surface area contributed by atoms with E-state index in [1.165, 1.54) is 29.5 Å². The maximum atomic E-state index is 12.8. The molecule has 0 radical (unpaired) electrons. The Morgan fingerprint density at radius 3 is 2.84 bits per heavy atom. The summed E-state index contributed by atoms with van der Waals surface area (Å²) in [5, 5.41) is 22.0. The number of nitro groups is 1. The Morgan fingerprint density at radius 2 is 2.16 bits per heavy atom. The fourth-order valence-electron chi connectivity index (χ4n) is 2.56. The molecule has 0 spiro atoms. The first kappa shape index (κ1) is 17.1. The summed E-state index contributed by atoms with van der Waals surface area (Å²) in [4.78, 5) is 24.1. The van der Waals surface area contributed by atoms with Gasteiger partial charge in [-0.3, -0.25) is 14.9 Å². The van der Waals surface area contributed by atoms with Gasteiger partial charge < -0.3 is 16.0 Å². The highest BCUT2D eigenvalue weighted by Gasteiger charge is 2.30. The largest absolute Gasteiger partial charge is 0.350 e. The zero-order valence-electron chi connectivity index (χ0n) is 13.1. The van der Waals surface area contributed by atoms with Crippen molar-refractivity contribution < 1.29 is 9.72 Å². The molecule has 1 atom stereocenters. The van der Waals surface area contributed by atoms with Crippen molar-refractivity contribution in [1.29, 1.82) is 0 Å². The molecule has 0 fully saturated rings. The second-order valence-corrected chi connectivity index (χ2v) is 6.73. The lowest BCUT2D eigenvalue weighted by molar-refractivity contribution is -0.384. The molecule has 2 aromatic rings. The van der Waals surface area contributed by atoms with E-state index in [0.717, 1.165) is 4.88 Å². The highest BCUT2D eigenvalue weighted by molar-refractivity contribution is 7.80. The van der Waals surface area contributed by atoms with Crippen LogP contribution in [-0.4, -0.2) is 15.9 Å². The maximum Gasteiger partial charge on any atom is 0.271 e. The van der Waals surface area contributed by atoms with Crippen molar-refractivity contribution in [3.63, 3.8) is 0 Å². The molecule has 1 aromatic carbocycles. The molecule has 1 aliphatic heterocycles. The third-order valence-electron chi connectivity index (χ3n) is 3.66. The van der Waals surface area contributed by atoms with Crippen molar-refractivity contribution in [2.45, 2.75) is 13.0 Å². The summed E-state index contributed by atoms with van der Waals surface area (Å²) in [6, 6.07) is 9.28. The number of non-ortho nitro benzene ring substituents is 1. The Bertz CT molecular complexity index is 877. The number of carbonyl (C=O) groups is 1. The summed E-state index contributed by atoms with van der Waals surface area (Å²) in [5.74, 6) is -0.348. The molecule has 0 saturated carbocycles. The number of benzene rings is 1. The fourth-order valence-corrected chi connectivity index (χ4v) is 3.61. The van der Waals surface area contributed by atoms with Crippen molar-refractivity contribution in [3.8, 4) is 0 Å². The lowest BCUT2D eigenvalue weighted by Crippen LogP contribution is -2.45. The number of carbonyl (C=O) groups excluding carboxylic acids is 1. The van der Waals surface area contributed by atoms with Gasteiger partial charge in [0.25, 0.3) is 11.6 Å². The van der Waals surface area contributed by atoms with Crippen molar-refractivity contribution >= 4 is 45.9 Å². The predicted octanol–water partition coefficient (Wildman–Crippen LogP) is 3.09. The molecule has 3 N–H and O–H groups in total. The van der Waals surface area contributed by atoms with E-state index in [1.807, 2.05) is 17.5 Å². The van der Waals surface area contributed by atoms with E-state index >= 15 is 0 Å². The topological polar surface area (TPSA) is 96.3 Å². The zero-order valence-corrected chi connectivity index (χ0v) is 14.7. The average Bonchev–Trinajstić information content (AvgIpc) is 3.08. The van der Waals surface area contributed by atoms with Gasteiger partial charge in [-0.15, -0.1) is 11.3 Å². The summed E-state index contributed by atoms with van der Waals surface area (Å²) in [7, 11) is 0. The Balaban J connectivity index is 1.91. The number of hydrogen-bond donors (Lipinski definition) is 3. The molecule has 9 heteroatoms. The molecule has 7 nitrogen and oxygen atoms in total. The quantitative estimate of drug-likeness (QED) is 0.432. The van der Waals surface area contributed by atoms with Gasteiger partial charge in [-0.1, -0.05) is 12.1 Å². The molecule has 3 rings (SSSR count). The minimum Gasteiger partial charge on any atom is -0.350 e. The lowest BCUT2D eigenvalue weighted by Gasteiger charge is -2.29. The number of amides is 1. The van der Waals surface area contributed by atoms with Crippen LogP contribution in [0.15, 0.2) is 53.0 Å². The number of nitro benzene ring substituents is 1. The van der Waals surface area contributed by atoms with Gasteiger partial charge in [-0.2, -0.15) is 0 Å². The molecule has 0 bridgehead atoms. The number of thiophene rings is 1. The highest BCUT2D eigenvalue weighted by Crippen LogP contribution is 2.30. The molecule has 1 amide bonds. The van der Waals surface area contributed by atoms with E-state index in [2.05, 4.69) is 16.0 Å². The van der Waals surface area contributed by atoms with Gasteiger partial charge in [0.2, 0.25) is 0 Å². The number of nitrogens with zero attached hydrogens (tertiary/aromatic N) is 1. The van der Waals surface area contributed by atoms with Crippen LogP contribution in [0.1, 0.15) is 17.8 Å². The van der Waals surface area contributed by atoms with Gasteiger partial charge in [-0.05, 0) is 36.7 Å². The second-order valence-electron chi connectivity index (χ2n) is 5.35. The van der Waals surface area contributed by atoms with Crippen LogP contribution in [0, 0.1) is 10.1 Å². The lowest BCUT2D eigenvalue weighted by atomic mass is 10.0. The molecule has 1 aromatic heterocycles. The minimum atomic E-state index is -0.503. The van der Waals surface area contributed by atoms with Crippen molar-refractivity contribution in [3.05, 3.63) is 68.0 Å². The van der Waals surface area contributed by atoms with Crippen molar-refractivity contribution in [1.82, 2.24) is 10.6 Å². The standard InChI is InChI=1S/C16H14N4O3S2/c1-9-13(14(19-16(24)17-9)12-6-3-7-25-12)15(21)18-10-4-2-5-11(8-10)20(22)23/h2-8,14H,1H3,(H,18,21)(H2,17,19,24)/t14-/m0/s1. The summed E-state index contributed by atoms with van der Waals surface area (Å²) < 4.78 is 0. The first-order chi connectivity index (χ1) is 12.0. The smallest absolute Gasteiger partial charge is 0.271 e. The van der Waals surface area contributed by atoms with Crippen LogP contribution < -0.4 is 16.0 Å². The normalized spacial score (nSPS) is 16.8. The minimum absolute atomic E-state index is 0.0839. The van der Waals surface area contributed by atoms with Gasteiger partial charge in [0.1, 0.15) is 0 Å². The van der Waals surface area contributed by atoms with Crippen molar-refractivity contribution in [2.75, 3.05) is 5.32 Å². The van der Waals surface area contributed by atoms with E-state index in [-0.39, 0.29) is 17.6 Å². The van der Waals surface area contributed by atoms with E-state index in [4.69, 9.17) is 12.2 Å². The van der Waals surface area contributed by atoms with Gasteiger partial charge in [0.05, 0.1) is 16.5 Å². The average molecular weight is 374 g/mol. The van der Waals surface area contributed by atoms with Crippen LogP contribution in [0.4, 0.5) is 11.4 Å². The summed E-state index contributed by atoms with van der Waals surface area (Å²) in [6.07, 6.45) is 0. The number of allylic oxidation sites excluding steroid dienone is 1. The van der Waals surface area contributed by atoms with Crippen molar-refractivity contribution in [2.24, 2.45) is 0 Å².